The summed E-state index contributed by atoms with van der Waals surface area (Å²) in [6, 6.07) is 0. The number of hydrogen-bond acceptors (Lipinski definition) is 1. The molecule has 0 aromatic carbocycles. The minimum absolute atomic E-state index is 0.303. The lowest BCUT2D eigenvalue weighted by Crippen LogP contribution is -2.26. The zero-order valence-electron chi connectivity index (χ0n) is 7.18. The van der Waals surface area contributed by atoms with Gasteiger partial charge in [0.05, 0.1) is 0 Å². The van der Waals surface area contributed by atoms with Gasteiger partial charge in [-0.25, -0.2) is 0 Å². The van der Waals surface area contributed by atoms with Crippen molar-refractivity contribution in [3.05, 3.63) is 0 Å². The first-order valence-corrected chi connectivity index (χ1v) is 4.15. The van der Waals surface area contributed by atoms with E-state index in [1.54, 1.807) is 6.92 Å². The molecule has 1 rings (SSSR count). The number of carbonyl (C=O) groups excluding carboxylic acids is 1. The summed E-state index contributed by atoms with van der Waals surface area (Å²) in [5, 5.41) is 0. The van der Waals surface area contributed by atoms with Gasteiger partial charge in [-0.3, -0.25) is 0 Å². The van der Waals surface area contributed by atoms with Crippen LogP contribution in [-0.4, -0.2) is 5.78 Å². The van der Waals surface area contributed by atoms with E-state index in [0.29, 0.717) is 17.6 Å². The van der Waals surface area contributed by atoms with Crippen molar-refractivity contribution in [3.63, 3.8) is 0 Å². The van der Waals surface area contributed by atoms with Gasteiger partial charge in [0, 0.05) is 12.3 Å². The molecule has 0 saturated heterocycles. The Bertz CT molecular complexity index is 207. The first-order valence-electron chi connectivity index (χ1n) is 4.15. The lowest BCUT2D eigenvalue weighted by atomic mass is 9.72. The zero-order valence-corrected chi connectivity index (χ0v) is 7.18. The molecule has 2 unspecified atom stereocenters. The second kappa shape index (κ2) is 3.57. The fourth-order valence-corrected chi connectivity index (χ4v) is 1.56. The molecule has 1 fully saturated rings. The Labute approximate surface area is 68.2 Å². The topological polar surface area (TPSA) is 17.1 Å². The van der Waals surface area contributed by atoms with Crippen molar-refractivity contribution in [2.75, 3.05) is 0 Å². The molecule has 0 heterocycles. The first-order chi connectivity index (χ1) is 5.24. The molecular weight excluding hydrogens is 136 g/mol. The van der Waals surface area contributed by atoms with Crippen molar-refractivity contribution in [2.24, 2.45) is 11.8 Å². The standard InChI is InChI=1S/C10H14O/c1-3-4-9-5-6-10(9)7-8(2)11/h9-10H,5-7H2,1-2H3. The van der Waals surface area contributed by atoms with Crippen LogP contribution in [0, 0.1) is 23.7 Å². The highest BCUT2D eigenvalue weighted by Gasteiger charge is 2.29. The third-order valence-electron chi connectivity index (χ3n) is 2.30. The van der Waals surface area contributed by atoms with E-state index in [2.05, 4.69) is 11.8 Å². The Kier molecular flexibility index (Phi) is 2.70. The highest BCUT2D eigenvalue weighted by Crippen LogP contribution is 2.36. The second-order valence-corrected chi connectivity index (χ2v) is 3.24. The largest absolute Gasteiger partial charge is 0.300 e. The van der Waals surface area contributed by atoms with Gasteiger partial charge in [-0.2, -0.15) is 0 Å². The molecule has 0 spiro atoms. The van der Waals surface area contributed by atoms with Crippen molar-refractivity contribution >= 4 is 5.78 Å². The van der Waals surface area contributed by atoms with Crippen LogP contribution in [0.25, 0.3) is 0 Å². The fourth-order valence-electron chi connectivity index (χ4n) is 1.56. The van der Waals surface area contributed by atoms with Gasteiger partial charge in [0.1, 0.15) is 5.78 Å². The molecule has 0 radical (unpaired) electrons. The summed E-state index contributed by atoms with van der Waals surface area (Å²) in [5.41, 5.74) is 0. The van der Waals surface area contributed by atoms with Gasteiger partial charge in [0.2, 0.25) is 0 Å². The molecule has 2 atom stereocenters. The Hall–Kier alpha value is -0.770. The van der Waals surface area contributed by atoms with E-state index in [0.717, 1.165) is 6.42 Å². The van der Waals surface area contributed by atoms with E-state index < -0.39 is 0 Å². The molecule has 0 N–H and O–H groups in total. The maximum absolute atomic E-state index is 10.7. The van der Waals surface area contributed by atoms with Crippen molar-refractivity contribution in [3.8, 4) is 11.8 Å². The number of carbonyl (C=O) groups is 1. The van der Waals surface area contributed by atoms with Gasteiger partial charge in [-0.1, -0.05) is 5.92 Å². The summed E-state index contributed by atoms with van der Waals surface area (Å²) >= 11 is 0. The number of hydrogen-bond donors (Lipinski definition) is 0. The Morgan fingerprint density at radius 3 is 2.64 bits per heavy atom. The van der Waals surface area contributed by atoms with Crippen LogP contribution in [0.1, 0.15) is 33.1 Å². The predicted octanol–water partition coefficient (Wildman–Crippen LogP) is 2.02. The Balaban J connectivity index is 2.35. The molecule has 1 saturated carbocycles. The first kappa shape index (κ1) is 8.33. The molecule has 1 aliphatic carbocycles. The van der Waals surface area contributed by atoms with Crippen LogP contribution in [0.5, 0.6) is 0 Å². The number of Topliss-reactive ketones (excluding diaryl/α,β-unsaturated/α-hetero) is 1. The SMILES string of the molecule is CC#CC1CCC1CC(C)=O. The van der Waals surface area contributed by atoms with Crippen LogP contribution < -0.4 is 0 Å². The van der Waals surface area contributed by atoms with Crippen LogP contribution in [0.15, 0.2) is 0 Å². The predicted molar refractivity (Wildman–Crippen MR) is 45.0 cm³/mol. The van der Waals surface area contributed by atoms with E-state index in [1.165, 1.54) is 12.8 Å². The molecule has 1 nitrogen and oxygen atoms in total. The molecule has 11 heavy (non-hydrogen) atoms. The van der Waals surface area contributed by atoms with E-state index >= 15 is 0 Å². The molecule has 60 valence electrons. The van der Waals surface area contributed by atoms with Gasteiger partial charge < -0.3 is 4.79 Å². The van der Waals surface area contributed by atoms with Crippen LogP contribution in [0.4, 0.5) is 0 Å². The Morgan fingerprint density at radius 1 is 1.55 bits per heavy atom. The summed E-state index contributed by atoms with van der Waals surface area (Å²) in [5.74, 6) is 7.44. The van der Waals surface area contributed by atoms with E-state index in [-0.39, 0.29) is 0 Å². The van der Waals surface area contributed by atoms with E-state index in [4.69, 9.17) is 0 Å². The fraction of sp³-hybridized carbons (Fsp3) is 0.700. The maximum atomic E-state index is 10.7. The van der Waals surface area contributed by atoms with Crippen LogP contribution in [0.2, 0.25) is 0 Å². The maximum Gasteiger partial charge on any atom is 0.130 e. The third kappa shape index (κ3) is 2.08. The number of rotatable bonds is 2. The van der Waals surface area contributed by atoms with Gasteiger partial charge in [0.15, 0.2) is 0 Å². The lowest BCUT2D eigenvalue weighted by Gasteiger charge is -2.31. The zero-order chi connectivity index (χ0) is 8.27. The molecule has 1 heteroatoms. The van der Waals surface area contributed by atoms with Gasteiger partial charge in [-0.05, 0) is 32.6 Å². The van der Waals surface area contributed by atoms with E-state index in [1.807, 2.05) is 6.92 Å². The smallest absolute Gasteiger partial charge is 0.130 e. The van der Waals surface area contributed by atoms with Crippen molar-refractivity contribution < 1.29 is 4.79 Å². The van der Waals surface area contributed by atoms with Crippen molar-refractivity contribution in [1.29, 1.82) is 0 Å². The van der Waals surface area contributed by atoms with Crippen molar-refractivity contribution in [2.45, 2.75) is 33.1 Å². The number of ketones is 1. The highest BCUT2D eigenvalue weighted by atomic mass is 16.1. The highest BCUT2D eigenvalue weighted by molar-refractivity contribution is 5.75. The van der Waals surface area contributed by atoms with Gasteiger partial charge in [0.25, 0.3) is 0 Å². The molecule has 0 aromatic rings. The molecule has 0 bridgehead atoms. The van der Waals surface area contributed by atoms with Gasteiger partial charge >= 0.3 is 0 Å². The quantitative estimate of drug-likeness (QED) is 0.550. The lowest BCUT2D eigenvalue weighted by molar-refractivity contribution is -0.118. The van der Waals surface area contributed by atoms with Crippen LogP contribution in [-0.2, 0) is 4.79 Å². The molecule has 1 aliphatic rings. The summed E-state index contributed by atoms with van der Waals surface area (Å²) < 4.78 is 0. The minimum Gasteiger partial charge on any atom is -0.300 e. The molecule has 0 aliphatic heterocycles. The monoisotopic (exact) mass is 150 g/mol. The Morgan fingerprint density at radius 2 is 2.27 bits per heavy atom. The third-order valence-corrected chi connectivity index (χ3v) is 2.30. The summed E-state index contributed by atoms with van der Waals surface area (Å²) in [7, 11) is 0. The molecule has 0 aromatic heterocycles. The molecule has 0 amide bonds. The van der Waals surface area contributed by atoms with Gasteiger partial charge in [-0.15, -0.1) is 5.92 Å². The summed E-state index contributed by atoms with van der Waals surface area (Å²) in [4.78, 5) is 10.7. The van der Waals surface area contributed by atoms with E-state index in [9.17, 15) is 4.79 Å². The van der Waals surface area contributed by atoms with Crippen molar-refractivity contribution in [1.82, 2.24) is 0 Å². The average molecular weight is 150 g/mol. The normalized spacial score (nSPS) is 28.2. The molecular formula is C10H14O. The second-order valence-electron chi connectivity index (χ2n) is 3.24. The van der Waals surface area contributed by atoms with Crippen LogP contribution in [0.3, 0.4) is 0 Å². The summed E-state index contributed by atoms with van der Waals surface area (Å²) in [6.45, 7) is 3.53. The summed E-state index contributed by atoms with van der Waals surface area (Å²) in [6.07, 6.45) is 3.12. The van der Waals surface area contributed by atoms with Crippen LogP contribution >= 0.6 is 0 Å². The average Bonchev–Trinajstić information content (AvgIpc) is 1.93. The minimum atomic E-state index is 0.303.